The standard InChI is InChI=1S/C20H18N4O4/c1-23-18-15(19(26)24(2)20(23)27)10-14(11-21-18)22-17(25)6-4-12-3-5-16-13(9-12)7-8-28-16/h3-6,9-11H,7-8H2,1-2H3,(H,22,25)/b6-4+. The second kappa shape index (κ2) is 6.80. The summed E-state index contributed by atoms with van der Waals surface area (Å²) in [6.45, 7) is 0.684. The lowest BCUT2D eigenvalue weighted by atomic mass is 10.1. The van der Waals surface area contributed by atoms with Gasteiger partial charge in [0.05, 0.1) is 23.9 Å². The van der Waals surface area contributed by atoms with Gasteiger partial charge in [-0.2, -0.15) is 0 Å². The predicted molar refractivity (Wildman–Crippen MR) is 106 cm³/mol. The minimum atomic E-state index is -0.461. The molecule has 0 atom stereocenters. The molecule has 2 aromatic heterocycles. The first-order valence-corrected chi connectivity index (χ1v) is 8.74. The Balaban J connectivity index is 1.57. The molecule has 1 amide bonds. The van der Waals surface area contributed by atoms with E-state index in [0.29, 0.717) is 12.3 Å². The lowest BCUT2D eigenvalue weighted by molar-refractivity contribution is -0.111. The molecule has 0 saturated heterocycles. The molecule has 28 heavy (non-hydrogen) atoms. The van der Waals surface area contributed by atoms with Crippen molar-refractivity contribution in [3.8, 4) is 5.75 Å². The molecule has 8 nitrogen and oxygen atoms in total. The molecule has 8 heteroatoms. The van der Waals surface area contributed by atoms with E-state index in [2.05, 4.69) is 10.3 Å². The van der Waals surface area contributed by atoms with Crippen molar-refractivity contribution in [2.75, 3.05) is 11.9 Å². The highest BCUT2D eigenvalue weighted by Crippen LogP contribution is 2.26. The van der Waals surface area contributed by atoms with Crippen LogP contribution in [0, 0.1) is 0 Å². The van der Waals surface area contributed by atoms with Crippen LogP contribution in [0.4, 0.5) is 5.69 Å². The number of hydrogen-bond acceptors (Lipinski definition) is 5. The fourth-order valence-electron chi connectivity index (χ4n) is 3.20. The summed E-state index contributed by atoms with van der Waals surface area (Å²) in [5.74, 6) is 0.541. The molecule has 1 aliphatic rings. The number of rotatable bonds is 3. The van der Waals surface area contributed by atoms with Crippen LogP contribution < -0.4 is 21.3 Å². The van der Waals surface area contributed by atoms with Crippen LogP contribution in [0.5, 0.6) is 5.75 Å². The van der Waals surface area contributed by atoms with Gasteiger partial charge in [-0.25, -0.2) is 9.78 Å². The average Bonchev–Trinajstić information content (AvgIpc) is 3.17. The van der Waals surface area contributed by atoms with Gasteiger partial charge in [0.1, 0.15) is 11.4 Å². The van der Waals surface area contributed by atoms with Gasteiger partial charge in [0, 0.05) is 26.6 Å². The van der Waals surface area contributed by atoms with Crippen LogP contribution in [0.2, 0.25) is 0 Å². The van der Waals surface area contributed by atoms with Crippen molar-refractivity contribution in [3.63, 3.8) is 0 Å². The molecule has 0 saturated carbocycles. The van der Waals surface area contributed by atoms with Gasteiger partial charge >= 0.3 is 5.69 Å². The second-order valence-electron chi connectivity index (χ2n) is 6.59. The maximum Gasteiger partial charge on any atom is 0.332 e. The van der Waals surface area contributed by atoms with E-state index in [1.807, 2.05) is 18.2 Å². The van der Waals surface area contributed by atoms with E-state index >= 15 is 0 Å². The highest BCUT2D eigenvalue weighted by Gasteiger charge is 2.12. The zero-order chi connectivity index (χ0) is 19.8. The monoisotopic (exact) mass is 378 g/mol. The summed E-state index contributed by atoms with van der Waals surface area (Å²) >= 11 is 0. The Kier molecular flexibility index (Phi) is 4.31. The van der Waals surface area contributed by atoms with Crippen molar-refractivity contribution >= 4 is 28.7 Å². The molecule has 1 N–H and O–H groups in total. The summed E-state index contributed by atoms with van der Waals surface area (Å²) < 4.78 is 7.77. The Labute approximate surface area is 159 Å². The molecule has 4 rings (SSSR count). The second-order valence-corrected chi connectivity index (χ2v) is 6.59. The number of ether oxygens (including phenoxy) is 1. The number of aryl methyl sites for hydroxylation is 1. The van der Waals surface area contributed by atoms with Crippen LogP contribution in [0.15, 0.2) is 46.1 Å². The molecule has 1 aliphatic heterocycles. The van der Waals surface area contributed by atoms with Gasteiger partial charge < -0.3 is 10.1 Å². The largest absolute Gasteiger partial charge is 0.493 e. The molecule has 0 fully saturated rings. The molecular formula is C20H18N4O4. The number of carbonyl (C=O) groups is 1. The molecular weight excluding hydrogens is 360 g/mol. The predicted octanol–water partition coefficient (Wildman–Crippen LogP) is 1.22. The van der Waals surface area contributed by atoms with Crippen LogP contribution in [0.3, 0.4) is 0 Å². The molecule has 1 aromatic carbocycles. The average molecular weight is 378 g/mol. The summed E-state index contributed by atoms with van der Waals surface area (Å²) in [6.07, 6.45) is 5.41. The van der Waals surface area contributed by atoms with Gasteiger partial charge in [-0.3, -0.25) is 18.7 Å². The van der Waals surface area contributed by atoms with E-state index in [0.717, 1.165) is 27.9 Å². The smallest absolute Gasteiger partial charge is 0.332 e. The number of hydrogen-bond donors (Lipinski definition) is 1. The Hall–Kier alpha value is -3.68. The number of benzene rings is 1. The molecule has 3 aromatic rings. The highest BCUT2D eigenvalue weighted by atomic mass is 16.5. The van der Waals surface area contributed by atoms with Crippen LogP contribution in [0.1, 0.15) is 11.1 Å². The summed E-state index contributed by atoms with van der Waals surface area (Å²) in [4.78, 5) is 40.7. The number of fused-ring (bicyclic) bond motifs is 2. The molecule has 0 unspecified atom stereocenters. The van der Waals surface area contributed by atoms with E-state index in [1.165, 1.54) is 30.0 Å². The number of anilines is 1. The van der Waals surface area contributed by atoms with Gasteiger partial charge in [0.15, 0.2) is 0 Å². The number of nitrogens with zero attached hydrogens (tertiary/aromatic N) is 3. The van der Waals surface area contributed by atoms with Gasteiger partial charge in [-0.05, 0) is 35.4 Å². The minimum Gasteiger partial charge on any atom is -0.493 e. The summed E-state index contributed by atoms with van der Waals surface area (Å²) in [5, 5.41) is 2.94. The van der Waals surface area contributed by atoms with Gasteiger partial charge in [0.2, 0.25) is 5.91 Å². The quantitative estimate of drug-likeness (QED) is 0.692. The fourth-order valence-corrected chi connectivity index (χ4v) is 3.20. The van der Waals surface area contributed by atoms with Crippen molar-refractivity contribution in [3.05, 3.63) is 68.5 Å². The van der Waals surface area contributed by atoms with E-state index in [4.69, 9.17) is 4.74 Å². The van der Waals surface area contributed by atoms with Crippen molar-refractivity contribution in [2.24, 2.45) is 14.1 Å². The maximum atomic E-state index is 12.3. The Morgan fingerprint density at radius 1 is 1.21 bits per heavy atom. The van der Waals surface area contributed by atoms with Crippen LogP contribution >= 0.6 is 0 Å². The fraction of sp³-hybridized carbons (Fsp3) is 0.200. The minimum absolute atomic E-state index is 0.255. The lowest BCUT2D eigenvalue weighted by Gasteiger charge is -2.08. The van der Waals surface area contributed by atoms with Crippen LogP contribution in [-0.2, 0) is 25.3 Å². The molecule has 0 radical (unpaired) electrons. The highest BCUT2D eigenvalue weighted by molar-refractivity contribution is 6.02. The van der Waals surface area contributed by atoms with E-state index < -0.39 is 11.2 Å². The number of amides is 1. The number of nitrogens with one attached hydrogen (secondary N) is 1. The van der Waals surface area contributed by atoms with Crippen molar-refractivity contribution in [1.82, 2.24) is 14.1 Å². The van der Waals surface area contributed by atoms with Crippen molar-refractivity contribution in [1.29, 1.82) is 0 Å². The Bertz CT molecular complexity index is 1250. The normalized spacial score (nSPS) is 12.9. The summed E-state index contributed by atoms with van der Waals surface area (Å²) in [6, 6.07) is 7.29. The third kappa shape index (κ3) is 3.09. The summed E-state index contributed by atoms with van der Waals surface area (Å²) in [5.41, 5.74) is 1.76. The number of pyridine rings is 1. The van der Waals surface area contributed by atoms with Crippen LogP contribution in [0.25, 0.3) is 17.1 Å². The molecule has 0 spiro atoms. The van der Waals surface area contributed by atoms with E-state index in [1.54, 1.807) is 13.1 Å². The first-order chi connectivity index (χ1) is 13.4. The third-order valence-electron chi connectivity index (χ3n) is 4.70. The molecule has 142 valence electrons. The first kappa shape index (κ1) is 17.7. The topological polar surface area (TPSA) is 95.2 Å². The van der Waals surface area contributed by atoms with Crippen molar-refractivity contribution in [2.45, 2.75) is 6.42 Å². The Morgan fingerprint density at radius 2 is 2.04 bits per heavy atom. The summed E-state index contributed by atoms with van der Waals surface area (Å²) in [7, 11) is 2.94. The van der Waals surface area contributed by atoms with Crippen molar-refractivity contribution < 1.29 is 9.53 Å². The lowest BCUT2D eigenvalue weighted by Crippen LogP contribution is -2.37. The van der Waals surface area contributed by atoms with Gasteiger partial charge in [-0.15, -0.1) is 0 Å². The maximum absolute atomic E-state index is 12.3. The SMILES string of the molecule is Cn1c(=O)c2cc(NC(=O)/C=C/c3ccc4c(c3)CCO4)cnc2n(C)c1=O. The molecule has 3 heterocycles. The first-order valence-electron chi connectivity index (χ1n) is 8.74. The molecule has 0 bridgehead atoms. The van der Waals surface area contributed by atoms with Gasteiger partial charge in [0.25, 0.3) is 5.56 Å². The molecule has 0 aliphatic carbocycles. The zero-order valence-electron chi connectivity index (χ0n) is 15.4. The number of aromatic nitrogens is 3. The van der Waals surface area contributed by atoms with E-state index in [9.17, 15) is 14.4 Å². The zero-order valence-corrected chi connectivity index (χ0v) is 15.4. The van der Waals surface area contributed by atoms with Gasteiger partial charge in [-0.1, -0.05) is 6.07 Å². The van der Waals surface area contributed by atoms with E-state index in [-0.39, 0.29) is 16.9 Å². The third-order valence-corrected chi connectivity index (χ3v) is 4.70. The Morgan fingerprint density at radius 3 is 2.86 bits per heavy atom. The van der Waals surface area contributed by atoms with Crippen LogP contribution in [-0.4, -0.2) is 26.6 Å². The number of carbonyl (C=O) groups excluding carboxylic acids is 1.